The van der Waals surface area contributed by atoms with E-state index < -0.39 is 12.3 Å². The third kappa shape index (κ3) is 3.58. The fourth-order valence-corrected chi connectivity index (χ4v) is 4.27. The van der Waals surface area contributed by atoms with Crippen molar-refractivity contribution in [3.05, 3.63) is 66.7 Å². The van der Waals surface area contributed by atoms with Crippen molar-refractivity contribution >= 4 is 10.9 Å². The molecule has 30 heavy (non-hydrogen) atoms. The Bertz CT molecular complexity index is 1190. The molecule has 0 N–H and O–H groups in total. The first-order valence-electron chi connectivity index (χ1n) is 10.2. The molecule has 0 unspecified atom stereocenters. The molecule has 5 rings (SSSR count). The summed E-state index contributed by atoms with van der Waals surface area (Å²) in [5, 5.41) is 5.53. The summed E-state index contributed by atoms with van der Waals surface area (Å²) in [5.41, 5.74) is 5.61. The number of fused-ring (bicyclic) bond motifs is 1. The summed E-state index contributed by atoms with van der Waals surface area (Å²) in [4.78, 5) is 9.26. The number of rotatable bonds is 4. The third-order valence-electron chi connectivity index (χ3n) is 5.81. The molecule has 0 amide bonds. The van der Waals surface area contributed by atoms with Crippen LogP contribution in [0.5, 0.6) is 0 Å². The van der Waals surface area contributed by atoms with Crippen LogP contribution < -0.4 is 0 Å². The van der Waals surface area contributed by atoms with Gasteiger partial charge in [0.2, 0.25) is 0 Å². The van der Waals surface area contributed by atoms with Gasteiger partial charge >= 0.3 is 0 Å². The van der Waals surface area contributed by atoms with Crippen molar-refractivity contribution in [3.63, 3.8) is 0 Å². The van der Waals surface area contributed by atoms with E-state index in [-0.39, 0.29) is 18.8 Å². The van der Waals surface area contributed by atoms with Crippen LogP contribution in [-0.2, 0) is 6.54 Å². The maximum Gasteiger partial charge on any atom is 0.131 e. The Hall–Kier alpha value is -3.15. The summed E-state index contributed by atoms with van der Waals surface area (Å²) in [7, 11) is 0. The van der Waals surface area contributed by atoms with Crippen LogP contribution in [0.4, 0.5) is 8.78 Å². The molecule has 2 atom stereocenters. The Morgan fingerprint density at radius 1 is 1.03 bits per heavy atom. The molecule has 4 aromatic rings. The molecule has 3 heterocycles. The molecular weight excluding hydrogens is 382 g/mol. The normalized spacial score (nSPS) is 19.6. The lowest BCUT2D eigenvalue weighted by molar-refractivity contribution is 0.199. The van der Waals surface area contributed by atoms with Crippen LogP contribution in [0.25, 0.3) is 33.3 Å². The molecule has 0 aliphatic heterocycles. The largest absolute Gasteiger partial charge is 0.272 e. The molecule has 3 aromatic heterocycles. The fraction of sp³-hybridized carbons (Fsp3) is 0.292. The summed E-state index contributed by atoms with van der Waals surface area (Å²) < 4.78 is 28.8. The number of hydrogen-bond donors (Lipinski definition) is 0. The van der Waals surface area contributed by atoms with Gasteiger partial charge in [0.25, 0.3) is 0 Å². The van der Waals surface area contributed by atoms with Crippen molar-refractivity contribution in [1.29, 1.82) is 0 Å². The van der Waals surface area contributed by atoms with Crippen molar-refractivity contribution in [3.8, 4) is 22.4 Å². The van der Waals surface area contributed by atoms with E-state index >= 15 is 0 Å². The van der Waals surface area contributed by atoms with E-state index in [4.69, 9.17) is 4.98 Å². The van der Waals surface area contributed by atoms with Gasteiger partial charge in [-0.15, -0.1) is 0 Å². The highest BCUT2D eigenvalue weighted by molar-refractivity contribution is 5.87. The maximum absolute atomic E-state index is 13.5. The number of aryl methyl sites for hydroxylation is 1. The maximum atomic E-state index is 13.5. The van der Waals surface area contributed by atoms with Gasteiger partial charge in [-0.1, -0.05) is 24.3 Å². The first-order valence-corrected chi connectivity index (χ1v) is 10.2. The number of halogens is 2. The summed E-state index contributed by atoms with van der Waals surface area (Å²) >= 11 is 0. The molecule has 0 saturated heterocycles. The van der Waals surface area contributed by atoms with E-state index in [0.717, 1.165) is 39.0 Å². The summed E-state index contributed by atoms with van der Waals surface area (Å²) in [6.07, 6.45) is 3.35. The van der Waals surface area contributed by atoms with Gasteiger partial charge in [-0.3, -0.25) is 14.6 Å². The van der Waals surface area contributed by atoms with Gasteiger partial charge < -0.3 is 0 Å². The first-order chi connectivity index (χ1) is 14.6. The Morgan fingerprint density at radius 2 is 1.87 bits per heavy atom. The van der Waals surface area contributed by atoms with E-state index in [0.29, 0.717) is 6.54 Å². The Morgan fingerprint density at radius 3 is 2.70 bits per heavy atom. The van der Waals surface area contributed by atoms with Crippen LogP contribution in [0, 0.1) is 12.8 Å². The first kappa shape index (κ1) is 18.9. The van der Waals surface area contributed by atoms with Gasteiger partial charge in [0.15, 0.2) is 0 Å². The predicted octanol–water partition coefficient (Wildman–Crippen LogP) is 5.55. The van der Waals surface area contributed by atoms with Gasteiger partial charge in [-0.2, -0.15) is 5.10 Å². The molecule has 1 aliphatic rings. The van der Waals surface area contributed by atoms with Crippen molar-refractivity contribution in [2.24, 2.45) is 5.92 Å². The van der Waals surface area contributed by atoms with E-state index in [1.807, 2.05) is 43.5 Å². The Labute approximate surface area is 173 Å². The zero-order valence-electron chi connectivity index (χ0n) is 16.7. The quantitative estimate of drug-likeness (QED) is 0.448. The van der Waals surface area contributed by atoms with Crippen LogP contribution in [0.15, 0.2) is 61.1 Å². The minimum atomic E-state index is -1.35. The van der Waals surface area contributed by atoms with E-state index in [1.165, 1.54) is 0 Å². The lowest BCUT2D eigenvalue weighted by atomic mass is 10.00. The summed E-state index contributed by atoms with van der Waals surface area (Å²) in [6.45, 7) is 2.49. The standard InChI is InChI=1S/C24H22F2N4/c1-15-4-7-20(19-12-28-30(14-19)13-16-9-21(25)22(26)10-16)24(29-15)18-6-5-17-3-2-8-27-23(17)11-18/h2-8,11-12,14,16,21-22H,9-10,13H2,1H3/t21-,22-/m1/s1. The molecule has 0 bridgehead atoms. The van der Waals surface area contributed by atoms with E-state index in [1.54, 1.807) is 17.1 Å². The number of benzene rings is 1. The molecule has 0 spiro atoms. The smallest absolute Gasteiger partial charge is 0.131 e. The van der Waals surface area contributed by atoms with E-state index in [9.17, 15) is 8.78 Å². The zero-order chi connectivity index (χ0) is 20.7. The molecule has 1 fully saturated rings. The highest BCUT2D eigenvalue weighted by Gasteiger charge is 2.34. The average Bonchev–Trinajstić information content (AvgIpc) is 3.33. The number of hydrogen-bond acceptors (Lipinski definition) is 3. The second kappa shape index (κ2) is 7.59. The molecule has 0 radical (unpaired) electrons. The molecule has 152 valence electrons. The second-order valence-electron chi connectivity index (χ2n) is 8.08. The van der Waals surface area contributed by atoms with Crippen LogP contribution in [0.3, 0.4) is 0 Å². The Balaban J connectivity index is 1.49. The van der Waals surface area contributed by atoms with Gasteiger partial charge in [-0.25, -0.2) is 8.78 Å². The van der Waals surface area contributed by atoms with E-state index in [2.05, 4.69) is 22.2 Å². The highest BCUT2D eigenvalue weighted by atomic mass is 19.2. The zero-order valence-corrected chi connectivity index (χ0v) is 16.7. The summed E-state index contributed by atoms with van der Waals surface area (Å²) in [6, 6.07) is 14.1. The molecular formula is C24H22F2N4. The van der Waals surface area contributed by atoms with Crippen molar-refractivity contribution in [2.45, 2.75) is 38.7 Å². The van der Waals surface area contributed by atoms with Crippen molar-refractivity contribution in [1.82, 2.24) is 19.7 Å². The molecule has 6 heteroatoms. The van der Waals surface area contributed by atoms with Gasteiger partial charge in [-0.05, 0) is 43.9 Å². The number of aromatic nitrogens is 4. The molecule has 1 aliphatic carbocycles. The fourth-order valence-electron chi connectivity index (χ4n) is 4.27. The van der Waals surface area contributed by atoms with Crippen LogP contribution in [-0.4, -0.2) is 32.1 Å². The predicted molar refractivity (Wildman–Crippen MR) is 113 cm³/mol. The summed E-state index contributed by atoms with van der Waals surface area (Å²) in [5.74, 6) is -0.0232. The molecule has 1 saturated carbocycles. The van der Waals surface area contributed by atoms with Gasteiger partial charge in [0, 0.05) is 46.7 Å². The topological polar surface area (TPSA) is 43.6 Å². The van der Waals surface area contributed by atoms with Crippen molar-refractivity contribution in [2.75, 3.05) is 0 Å². The number of nitrogens with zero attached hydrogens (tertiary/aromatic N) is 4. The third-order valence-corrected chi connectivity index (χ3v) is 5.81. The van der Waals surface area contributed by atoms with Gasteiger partial charge in [0.1, 0.15) is 12.3 Å². The van der Waals surface area contributed by atoms with Crippen LogP contribution >= 0.6 is 0 Å². The lowest BCUT2D eigenvalue weighted by Gasteiger charge is -2.10. The monoisotopic (exact) mass is 404 g/mol. The lowest BCUT2D eigenvalue weighted by Crippen LogP contribution is -2.08. The van der Waals surface area contributed by atoms with Gasteiger partial charge in [0.05, 0.1) is 17.4 Å². The van der Waals surface area contributed by atoms with Crippen LogP contribution in [0.1, 0.15) is 18.5 Å². The SMILES string of the molecule is Cc1ccc(-c2cnn(CC3C[C@@H](F)[C@H](F)C3)c2)c(-c2ccc3cccnc3c2)n1. The highest BCUT2D eigenvalue weighted by Crippen LogP contribution is 2.34. The minimum absolute atomic E-state index is 0.0232. The Kier molecular flexibility index (Phi) is 4.77. The number of pyridine rings is 2. The van der Waals surface area contributed by atoms with Crippen LogP contribution in [0.2, 0.25) is 0 Å². The molecule has 1 aromatic carbocycles. The average molecular weight is 404 g/mol. The molecule has 4 nitrogen and oxygen atoms in total. The second-order valence-corrected chi connectivity index (χ2v) is 8.08. The van der Waals surface area contributed by atoms with Crippen molar-refractivity contribution < 1.29 is 8.78 Å². The minimum Gasteiger partial charge on any atom is -0.272 e. The number of alkyl halides is 2.